The van der Waals surface area contributed by atoms with Crippen molar-refractivity contribution in [1.29, 1.82) is 0 Å². The van der Waals surface area contributed by atoms with E-state index in [4.69, 9.17) is 14.8 Å². The molecule has 5 rings (SSSR count). The van der Waals surface area contributed by atoms with Gasteiger partial charge in [-0.2, -0.15) is 9.78 Å². The van der Waals surface area contributed by atoms with Crippen LogP contribution in [-0.2, 0) is 6.42 Å². The normalized spacial score (nSPS) is 11.7. The third-order valence-corrected chi connectivity index (χ3v) is 7.66. The number of hydrogen-bond acceptors (Lipinski definition) is 4. The van der Waals surface area contributed by atoms with Crippen molar-refractivity contribution < 1.29 is 4.74 Å². The highest BCUT2D eigenvalue weighted by Gasteiger charge is 2.19. The average molecular weight is 547 g/mol. The lowest BCUT2D eigenvalue weighted by molar-refractivity contribution is 0.335. The molecule has 0 bridgehead atoms. The van der Waals surface area contributed by atoms with E-state index in [2.05, 4.69) is 75.6 Å². The molecule has 2 aromatic heterocycles. The number of benzene rings is 3. The van der Waals surface area contributed by atoms with E-state index < -0.39 is 0 Å². The maximum atomic E-state index is 13.9. The summed E-state index contributed by atoms with van der Waals surface area (Å²) < 4.78 is 9.61. The van der Waals surface area contributed by atoms with Crippen molar-refractivity contribution in [1.82, 2.24) is 14.2 Å². The van der Waals surface area contributed by atoms with Crippen LogP contribution in [0, 0.1) is 20.8 Å². The number of fused-ring (bicyclic) bond motifs is 1. The van der Waals surface area contributed by atoms with Gasteiger partial charge in [-0.1, -0.05) is 45.0 Å². The minimum absolute atomic E-state index is 0.204. The SMILES string of the molecule is CCOc1cc(C)c(-c2nc3ccccc3c(=O)n2N=Cc2cc(C)n(-c3ccc(CC)cc3)c2C)cc1C(C)C. The summed E-state index contributed by atoms with van der Waals surface area (Å²) in [5, 5.41) is 5.32. The molecule has 0 saturated carbocycles. The van der Waals surface area contributed by atoms with E-state index >= 15 is 0 Å². The zero-order chi connectivity index (χ0) is 29.3. The molecule has 5 aromatic rings. The quantitative estimate of drug-likeness (QED) is 0.187. The first-order chi connectivity index (χ1) is 19.7. The van der Waals surface area contributed by atoms with Gasteiger partial charge in [0.15, 0.2) is 5.82 Å². The van der Waals surface area contributed by atoms with Gasteiger partial charge in [0.1, 0.15) is 5.75 Å². The molecule has 0 saturated heterocycles. The molecule has 0 N–H and O–H groups in total. The van der Waals surface area contributed by atoms with E-state index in [1.165, 1.54) is 10.2 Å². The monoisotopic (exact) mass is 546 g/mol. The van der Waals surface area contributed by atoms with Gasteiger partial charge in [0, 0.05) is 28.2 Å². The molecular weight excluding hydrogens is 508 g/mol. The lowest BCUT2D eigenvalue weighted by Crippen LogP contribution is -2.21. The van der Waals surface area contributed by atoms with Gasteiger partial charge in [0.05, 0.1) is 23.7 Å². The molecule has 0 aliphatic carbocycles. The first-order valence-corrected chi connectivity index (χ1v) is 14.4. The molecule has 0 amide bonds. The second-order valence-electron chi connectivity index (χ2n) is 10.8. The van der Waals surface area contributed by atoms with E-state index in [1.807, 2.05) is 38.1 Å². The Labute approximate surface area is 242 Å². The Hall–Kier alpha value is -4.45. The van der Waals surface area contributed by atoms with Crippen molar-refractivity contribution in [3.8, 4) is 22.8 Å². The Bertz CT molecular complexity index is 1810. The maximum Gasteiger partial charge on any atom is 0.282 e. The Morgan fingerprint density at radius 1 is 0.976 bits per heavy atom. The minimum Gasteiger partial charge on any atom is -0.494 e. The van der Waals surface area contributed by atoms with Crippen LogP contribution in [0.2, 0.25) is 0 Å². The highest BCUT2D eigenvalue weighted by atomic mass is 16.5. The van der Waals surface area contributed by atoms with Crippen molar-refractivity contribution in [2.24, 2.45) is 5.10 Å². The third kappa shape index (κ3) is 5.34. The standard InChI is InChI=1S/C35H38N4O2/c1-8-26-14-16-28(17-15-26)38-24(6)19-27(25(38)7)21-36-39-34(37-32-13-11-10-12-29(32)35(39)40)31-20-30(22(3)4)33(41-9-2)18-23(31)5/h10-22H,8-9H2,1-7H3. The zero-order valence-electron chi connectivity index (χ0n) is 25.0. The molecule has 2 heterocycles. The van der Waals surface area contributed by atoms with E-state index in [0.29, 0.717) is 23.3 Å². The van der Waals surface area contributed by atoms with Gasteiger partial charge < -0.3 is 9.30 Å². The van der Waals surface area contributed by atoms with Crippen LogP contribution < -0.4 is 10.3 Å². The predicted octanol–water partition coefficient (Wildman–Crippen LogP) is 7.75. The second kappa shape index (κ2) is 11.6. The lowest BCUT2D eigenvalue weighted by atomic mass is 9.96. The maximum absolute atomic E-state index is 13.9. The van der Waals surface area contributed by atoms with Crippen LogP contribution in [0.1, 0.15) is 67.3 Å². The van der Waals surface area contributed by atoms with Gasteiger partial charge in [-0.05, 0) is 99.2 Å². The van der Waals surface area contributed by atoms with Gasteiger partial charge in [0.2, 0.25) is 0 Å². The van der Waals surface area contributed by atoms with Gasteiger partial charge in [0.25, 0.3) is 5.56 Å². The Kier molecular flexibility index (Phi) is 7.93. The minimum atomic E-state index is -0.204. The number of hydrogen-bond donors (Lipinski definition) is 0. The molecule has 41 heavy (non-hydrogen) atoms. The molecule has 0 fully saturated rings. The van der Waals surface area contributed by atoms with Crippen molar-refractivity contribution >= 4 is 17.1 Å². The fourth-order valence-electron chi connectivity index (χ4n) is 5.39. The molecule has 0 aliphatic rings. The summed E-state index contributed by atoms with van der Waals surface area (Å²) in [5.74, 6) is 1.61. The van der Waals surface area contributed by atoms with Crippen LogP contribution in [0.5, 0.6) is 5.75 Å². The number of para-hydroxylation sites is 1. The van der Waals surface area contributed by atoms with E-state index in [0.717, 1.165) is 51.5 Å². The van der Waals surface area contributed by atoms with Gasteiger partial charge in [-0.3, -0.25) is 4.79 Å². The molecule has 0 spiro atoms. The molecule has 210 valence electrons. The van der Waals surface area contributed by atoms with Crippen LogP contribution in [0.4, 0.5) is 0 Å². The molecule has 0 aliphatic heterocycles. The summed E-state index contributed by atoms with van der Waals surface area (Å²) in [4.78, 5) is 18.8. The number of ether oxygens (including phenoxy) is 1. The topological polar surface area (TPSA) is 61.4 Å². The Morgan fingerprint density at radius 3 is 2.39 bits per heavy atom. The summed E-state index contributed by atoms with van der Waals surface area (Å²) in [6.07, 6.45) is 2.78. The summed E-state index contributed by atoms with van der Waals surface area (Å²) in [6.45, 7) is 15.2. The highest BCUT2D eigenvalue weighted by molar-refractivity contribution is 5.84. The van der Waals surface area contributed by atoms with E-state index in [9.17, 15) is 4.79 Å². The number of rotatable bonds is 8. The first kappa shape index (κ1) is 28.1. The molecule has 0 radical (unpaired) electrons. The van der Waals surface area contributed by atoms with E-state index in [1.54, 1.807) is 12.3 Å². The zero-order valence-corrected chi connectivity index (χ0v) is 25.0. The third-order valence-electron chi connectivity index (χ3n) is 7.66. The summed E-state index contributed by atoms with van der Waals surface area (Å²) in [7, 11) is 0. The lowest BCUT2D eigenvalue weighted by Gasteiger charge is -2.18. The summed E-state index contributed by atoms with van der Waals surface area (Å²) in [5.41, 5.74) is 8.85. The van der Waals surface area contributed by atoms with Gasteiger partial charge >= 0.3 is 0 Å². The fraction of sp³-hybridized carbons (Fsp3) is 0.286. The summed E-state index contributed by atoms with van der Waals surface area (Å²) >= 11 is 0. The Morgan fingerprint density at radius 2 is 1.71 bits per heavy atom. The van der Waals surface area contributed by atoms with Crippen LogP contribution in [-0.4, -0.2) is 27.0 Å². The number of aromatic nitrogens is 3. The predicted molar refractivity (Wildman–Crippen MR) is 169 cm³/mol. The number of aryl methyl sites for hydroxylation is 3. The second-order valence-corrected chi connectivity index (χ2v) is 10.8. The first-order valence-electron chi connectivity index (χ1n) is 14.4. The number of nitrogens with zero attached hydrogens (tertiary/aromatic N) is 4. The van der Waals surface area contributed by atoms with Crippen molar-refractivity contribution in [3.05, 3.63) is 111 Å². The molecule has 0 atom stereocenters. The van der Waals surface area contributed by atoms with Gasteiger partial charge in [-0.15, -0.1) is 0 Å². The van der Waals surface area contributed by atoms with Crippen LogP contribution in [0.3, 0.4) is 0 Å². The van der Waals surface area contributed by atoms with Gasteiger partial charge in [-0.25, -0.2) is 4.98 Å². The smallest absolute Gasteiger partial charge is 0.282 e. The molecule has 3 aromatic carbocycles. The molecule has 6 heteroatoms. The average Bonchev–Trinajstić information content (AvgIpc) is 3.25. The molecule has 6 nitrogen and oxygen atoms in total. The van der Waals surface area contributed by atoms with E-state index in [-0.39, 0.29) is 11.5 Å². The van der Waals surface area contributed by atoms with Crippen molar-refractivity contribution in [2.45, 2.75) is 60.8 Å². The van der Waals surface area contributed by atoms with Crippen LogP contribution in [0.25, 0.3) is 28.0 Å². The molecular formula is C35H38N4O2. The summed E-state index contributed by atoms with van der Waals surface area (Å²) in [6, 6.07) is 22.3. The molecule has 0 unspecified atom stereocenters. The Balaban J connectivity index is 1.68. The van der Waals surface area contributed by atoms with Crippen molar-refractivity contribution in [2.75, 3.05) is 6.61 Å². The van der Waals surface area contributed by atoms with Crippen LogP contribution >= 0.6 is 0 Å². The van der Waals surface area contributed by atoms with Crippen molar-refractivity contribution in [3.63, 3.8) is 0 Å². The highest BCUT2D eigenvalue weighted by Crippen LogP contribution is 2.34. The van der Waals surface area contributed by atoms with Crippen LogP contribution in [0.15, 0.2) is 76.6 Å². The largest absolute Gasteiger partial charge is 0.494 e. The fourth-order valence-corrected chi connectivity index (χ4v) is 5.39.